The first kappa shape index (κ1) is 12.7. The summed E-state index contributed by atoms with van der Waals surface area (Å²) >= 11 is 0. The maximum atomic E-state index is 11.9. The molecule has 0 aromatic carbocycles. The molecule has 0 aromatic rings. The van der Waals surface area contributed by atoms with Crippen LogP contribution in [0.5, 0.6) is 0 Å². The van der Waals surface area contributed by atoms with Gasteiger partial charge in [-0.1, -0.05) is 13.3 Å². The maximum Gasteiger partial charge on any atom is 0.138 e. The zero-order chi connectivity index (χ0) is 11.3. The molecular formula is C13H24O2. The van der Waals surface area contributed by atoms with Crippen LogP contribution in [0.25, 0.3) is 0 Å². The Bertz CT molecular complexity index is 193. The summed E-state index contributed by atoms with van der Waals surface area (Å²) in [5, 5.41) is 0. The molecule has 1 aliphatic rings. The molecule has 1 aliphatic carbocycles. The second-order valence-corrected chi connectivity index (χ2v) is 4.84. The molecule has 0 aliphatic heterocycles. The van der Waals surface area contributed by atoms with E-state index < -0.39 is 0 Å². The molecule has 0 spiro atoms. The topological polar surface area (TPSA) is 26.3 Å². The molecule has 2 heteroatoms. The van der Waals surface area contributed by atoms with Crippen LogP contribution < -0.4 is 0 Å². The highest BCUT2D eigenvalue weighted by molar-refractivity contribution is 5.81. The van der Waals surface area contributed by atoms with E-state index in [2.05, 4.69) is 6.92 Å². The Hall–Kier alpha value is -0.370. The largest absolute Gasteiger partial charge is 0.381 e. The first-order chi connectivity index (χ1) is 7.17. The van der Waals surface area contributed by atoms with Crippen molar-refractivity contribution in [3.8, 4) is 0 Å². The smallest absolute Gasteiger partial charge is 0.138 e. The second kappa shape index (κ2) is 6.26. The minimum Gasteiger partial charge on any atom is -0.381 e. The van der Waals surface area contributed by atoms with E-state index in [1.54, 1.807) is 7.11 Å². The monoisotopic (exact) mass is 212 g/mol. The predicted octanol–water partition coefficient (Wildman–Crippen LogP) is 3.20. The van der Waals surface area contributed by atoms with Crippen molar-refractivity contribution < 1.29 is 9.53 Å². The number of rotatable bonds is 5. The minimum absolute atomic E-state index is 0.0846. The van der Waals surface area contributed by atoms with E-state index in [1.165, 1.54) is 19.3 Å². The molecule has 1 unspecified atom stereocenters. The number of Topliss-reactive ketones (excluding diaryl/α,β-unsaturated/α-hetero) is 1. The lowest BCUT2D eigenvalue weighted by atomic mass is 9.78. The summed E-state index contributed by atoms with van der Waals surface area (Å²) in [5.41, 5.74) is 0. The van der Waals surface area contributed by atoms with Crippen molar-refractivity contribution in [3.05, 3.63) is 0 Å². The molecule has 0 aromatic heterocycles. The highest BCUT2D eigenvalue weighted by atomic mass is 16.5. The average Bonchev–Trinajstić information content (AvgIpc) is 2.29. The van der Waals surface area contributed by atoms with Crippen LogP contribution in [0.4, 0.5) is 0 Å². The average molecular weight is 212 g/mol. The van der Waals surface area contributed by atoms with Gasteiger partial charge >= 0.3 is 0 Å². The third-order valence-electron chi connectivity index (χ3n) is 3.77. The van der Waals surface area contributed by atoms with Gasteiger partial charge in [-0.05, 0) is 38.5 Å². The standard InChI is InChI=1S/C13H24O2/c1-4-11-5-7-12(8-6-11)13(14)9-10(2)15-3/h10-12H,4-9H2,1-3H3. The Morgan fingerprint density at radius 1 is 1.33 bits per heavy atom. The van der Waals surface area contributed by atoms with Crippen LogP contribution in [0, 0.1) is 11.8 Å². The van der Waals surface area contributed by atoms with Gasteiger partial charge in [0, 0.05) is 19.4 Å². The fourth-order valence-corrected chi connectivity index (χ4v) is 2.43. The van der Waals surface area contributed by atoms with E-state index >= 15 is 0 Å². The van der Waals surface area contributed by atoms with Crippen molar-refractivity contribution in [1.82, 2.24) is 0 Å². The Morgan fingerprint density at radius 3 is 2.40 bits per heavy atom. The van der Waals surface area contributed by atoms with Crippen molar-refractivity contribution in [2.24, 2.45) is 11.8 Å². The van der Waals surface area contributed by atoms with Crippen LogP contribution in [0.3, 0.4) is 0 Å². The predicted molar refractivity (Wildman–Crippen MR) is 61.8 cm³/mol. The van der Waals surface area contributed by atoms with Crippen LogP contribution in [-0.4, -0.2) is 19.0 Å². The highest BCUT2D eigenvalue weighted by Gasteiger charge is 2.25. The van der Waals surface area contributed by atoms with Crippen LogP contribution in [0.1, 0.15) is 52.4 Å². The van der Waals surface area contributed by atoms with Gasteiger partial charge in [0.1, 0.15) is 5.78 Å². The normalized spacial score (nSPS) is 28.7. The van der Waals surface area contributed by atoms with E-state index in [-0.39, 0.29) is 6.10 Å². The molecule has 15 heavy (non-hydrogen) atoms. The van der Waals surface area contributed by atoms with E-state index in [1.807, 2.05) is 6.92 Å². The molecule has 0 amide bonds. The van der Waals surface area contributed by atoms with Crippen LogP contribution >= 0.6 is 0 Å². The second-order valence-electron chi connectivity index (χ2n) is 4.84. The van der Waals surface area contributed by atoms with Crippen molar-refractivity contribution >= 4 is 5.78 Å². The Balaban J connectivity index is 2.30. The molecule has 0 N–H and O–H groups in total. The van der Waals surface area contributed by atoms with Crippen LogP contribution in [0.2, 0.25) is 0 Å². The quantitative estimate of drug-likeness (QED) is 0.699. The van der Waals surface area contributed by atoms with Gasteiger partial charge in [0.15, 0.2) is 0 Å². The van der Waals surface area contributed by atoms with Gasteiger partial charge in [-0.2, -0.15) is 0 Å². The number of hydrogen-bond acceptors (Lipinski definition) is 2. The molecule has 1 fully saturated rings. The lowest BCUT2D eigenvalue weighted by Crippen LogP contribution is -2.24. The SMILES string of the molecule is CCC1CCC(C(=O)CC(C)OC)CC1. The van der Waals surface area contributed by atoms with Gasteiger partial charge in [0.25, 0.3) is 0 Å². The summed E-state index contributed by atoms with van der Waals surface area (Å²) in [6, 6.07) is 0. The van der Waals surface area contributed by atoms with Gasteiger partial charge in [-0.25, -0.2) is 0 Å². The Morgan fingerprint density at radius 2 is 1.93 bits per heavy atom. The van der Waals surface area contributed by atoms with Crippen molar-refractivity contribution in [3.63, 3.8) is 0 Å². The zero-order valence-corrected chi connectivity index (χ0v) is 10.3. The molecule has 88 valence electrons. The van der Waals surface area contributed by atoms with Gasteiger partial charge in [-0.3, -0.25) is 4.79 Å². The number of carbonyl (C=O) groups is 1. The molecule has 1 rings (SSSR count). The third kappa shape index (κ3) is 3.94. The van der Waals surface area contributed by atoms with Gasteiger partial charge in [0.2, 0.25) is 0 Å². The molecule has 1 atom stereocenters. The van der Waals surface area contributed by atoms with Crippen LogP contribution in [0.15, 0.2) is 0 Å². The number of ether oxygens (including phenoxy) is 1. The lowest BCUT2D eigenvalue weighted by Gasteiger charge is -2.27. The Labute approximate surface area is 93.4 Å². The van der Waals surface area contributed by atoms with E-state index in [9.17, 15) is 4.79 Å². The van der Waals surface area contributed by atoms with Crippen molar-refractivity contribution in [2.45, 2.75) is 58.5 Å². The summed E-state index contributed by atoms with van der Waals surface area (Å²) in [5.74, 6) is 1.61. The van der Waals surface area contributed by atoms with Gasteiger partial charge in [0.05, 0.1) is 6.10 Å². The lowest BCUT2D eigenvalue weighted by molar-refractivity contribution is -0.126. The first-order valence-corrected chi connectivity index (χ1v) is 6.22. The van der Waals surface area contributed by atoms with Crippen molar-refractivity contribution in [2.75, 3.05) is 7.11 Å². The summed E-state index contributed by atoms with van der Waals surface area (Å²) < 4.78 is 5.13. The molecular weight excluding hydrogens is 188 g/mol. The number of methoxy groups -OCH3 is 1. The first-order valence-electron chi connectivity index (χ1n) is 6.22. The zero-order valence-electron chi connectivity index (χ0n) is 10.3. The summed E-state index contributed by atoms with van der Waals surface area (Å²) in [6.07, 6.45) is 6.65. The molecule has 1 saturated carbocycles. The van der Waals surface area contributed by atoms with E-state index in [0.29, 0.717) is 18.1 Å². The fraction of sp³-hybridized carbons (Fsp3) is 0.923. The molecule has 0 heterocycles. The summed E-state index contributed by atoms with van der Waals surface area (Å²) in [4.78, 5) is 11.9. The van der Waals surface area contributed by atoms with Gasteiger partial charge < -0.3 is 4.74 Å². The molecule has 0 saturated heterocycles. The fourth-order valence-electron chi connectivity index (χ4n) is 2.43. The summed E-state index contributed by atoms with van der Waals surface area (Å²) in [6.45, 7) is 4.22. The number of carbonyl (C=O) groups excluding carboxylic acids is 1. The van der Waals surface area contributed by atoms with E-state index in [4.69, 9.17) is 4.74 Å². The third-order valence-corrected chi connectivity index (χ3v) is 3.77. The van der Waals surface area contributed by atoms with Crippen molar-refractivity contribution in [1.29, 1.82) is 0 Å². The van der Waals surface area contributed by atoms with Crippen LogP contribution in [-0.2, 0) is 9.53 Å². The number of ketones is 1. The molecule has 2 nitrogen and oxygen atoms in total. The minimum atomic E-state index is 0.0846. The molecule has 0 bridgehead atoms. The number of hydrogen-bond donors (Lipinski definition) is 0. The van der Waals surface area contributed by atoms with Gasteiger partial charge in [-0.15, -0.1) is 0 Å². The summed E-state index contributed by atoms with van der Waals surface area (Å²) in [7, 11) is 1.67. The van der Waals surface area contributed by atoms with E-state index in [0.717, 1.165) is 18.8 Å². The highest BCUT2D eigenvalue weighted by Crippen LogP contribution is 2.31. The Kier molecular flexibility index (Phi) is 5.30. The maximum absolute atomic E-state index is 11.9. The molecule has 0 radical (unpaired) electrons.